The molecule has 0 spiro atoms. The summed E-state index contributed by atoms with van der Waals surface area (Å²) in [6, 6.07) is 0.976. The number of rotatable bonds is 5. The second kappa shape index (κ2) is 4.41. The highest BCUT2D eigenvalue weighted by atomic mass is 16.6. The third-order valence-corrected chi connectivity index (χ3v) is 2.53. The van der Waals surface area contributed by atoms with E-state index in [0.717, 1.165) is 16.8 Å². The van der Waals surface area contributed by atoms with Gasteiger partial charge in [0.15, 0.2) is 7.64 Å². The predicted octanol–water partition coefficient (Wildman–Crippen LogP) is -2.85. The minimum absolute atomic E-state index is 0.120. The molecule has 1 saturated heterocycles. The van der Waals surface area contributed by atoms with E-state index in [2.05, 4.69) is 15.3 Å². The average molecular weight is 248 g/mol. The van der Waals surface area contributed by atoms with Crippen LogP contribution in [0.5, 0.6) is 0 Å². The minimum Gasteiger partial charge on any atom is -0.394 e. The summed E-state index contributed by atoms with van der Waals surface area (Å²) in [5, 5.41) is 13.0. The largest absolute Gasteiger partial charge is 0.394 e. The van der Waals surface area contributed by atoms with Gasteiger partial charge in [0.1, 0.15) is 18.3 Å². The molecule has 1 aromatic heterocycles. The number of aliphatic hydroxyl groups is 3. The molecule has 0 bridgehead atoms. The highest BCUT2D eigenvalue weighted by Gasteiger charge is 2.43. The van der Waals surface area contributed by atoms with Crippen molar-refractivity contribution in [2.75, 3.05) is 6.61 Å². The molecule has 2 rings (SSSR count). The summed E-state index contributed by atoms with van der Waals surface area (Å²) in [6.45, 7) is -0.269. The molecule has 0 radical (unpaired) electrons. The number of aromatic amines is 1. The molecular formula is C9H12N2O6. The summed E-state index contributed by atoms with van der Waals surface area (Å²) >= 11 is 0. The molecule has 0 unspecified atom stereocenters. The van der Waals surface area contributed by atoms with Crippen LogP contribution in [0.1, 0.15) is 6.23 Å². The molecule has 0 aliphatic carbocycles. The standard InChI is InChI=1S/C9H12N2O6/c12-3-4-6(14)7(15)8(17-4)11-2-1-5(13)10-9(11)16/h1-2,4,6-8,12,14-15H,3H2,(H,10,13,16)/t4-,6-,7-,8-/m1/s1/i12D,14D,15D/hD. The van der Waals surface area contributed by atoms with Crippen molar-refractivity contribution in [2.45, 2.75) is 24.5 Å². The molecule has 0 amide bonds. The number of aliphatic hydroxyl groups excluding tert-OH is 3. The maximum Gasteiger partial charge on any atom is 0.330 e. The quantitative estimate of drug-likeness (QED) is 0.444. The van der Waals surface area contributed by atoms with Crippen molar-refractivity contribution >= 4 is 0 Å². The van der Waals surface area contributed by atoms with Crippen LogP contribution in [0.15, 0.2) is 21.9 Å². The first-order valence-corrected chi connectivity index (χ1v) is 4.86. The Balaban J connectivity index is 2.41. The maximum atomic E-state index is 11.9. The van der Waals surface area contributed by atoms with Gasteiger partial charge in [-0.05, 0) is 0 Å². The smallest absolute Gasteiger partial charge is 0.330 e. The van der Waals surface area contributed by atoms with Crippen molar-refractivity contribution in [2.24, 2.45) is 0 Å². The Hall–Kier alpha value is -1.48. The van der Waals surface area contributed by atoms with Crippen molar-refractivity contribution in [1.82, 2.24) is 9.54 Å². The first-order chi connectivity index (χ1) is 10.0. The molecule has 0 aromatic carbocycles. The van der Waals surface area contributed by atoms with Crippen LogP contribution in [0.4, 0.5) is 0 Å². The average Bonchev–Trinajstić information content (AvgIpc) is 2.82. The SMILES string of the molecule is [2H]OC[C@H]1O[C@@H](n2ccc(=O)n([2H])c2=O)[C@H](O[2H])[C@@H]1O[2H]. The van der Waals surface area contributed by atoms with E-state index in [1.54, 1.807) is 0 Å². The summed E-state index contributed by atoms with van der Waals surface area (Å²) in [4.78, 5) is 23.2. The lowest BCUT2D eigenvalue weighted by Crippen LogP contribution is -2.37. The zero-order chi connectivity index (χ0) is 15.6. The Labute approximate surface area is 101 Å². The number of nitrogens with one attached hydrogen (secondary N) is 1. The third-order valence-electron chi connectivity index (χ3n) is 2.53. The molecule has 17 heavy (non-hydrogen) atoms. The fourth-order valence-electron chi connectivity index (χ4n) is 1.66. The molecule has 1 aromatic rings. The predicted molar refractivity (Wildman–Crippen MR) is 54.3 cm³/mol. The second-order valence-corrected chi connectivity index (χ2v) is 3.62. The van der Waals surface area contributed by atoms with Crippen molar-refractivity contribution in [3.8, 4) is 0 Å². The number of nitrogens with zero attached hydrogens (tertiary/aromatic N) is 1. The maximum absolute atomic E-state index is 11.9. The molecule has 8 nitrogen and oxygen atoms in total. The topological polar surface area (TPSA) is 125 Å². The van der Waals surface area contributed by atoms with Gasteiger partial charge in [0.2, 0.25) is 4.29 Å². The van der Waals surface area contributed by atoms with Crippen molar-refractivity contribution in [1.29, 1.82) is 4.29 Å². The molecule has 1 aliphatic rings. The van der Waals surface area contributed by atoms with E-state index in [9.17, 15) is 9.59 Å². The van der Waals surface area contributed by atoms with Crippen LogP contribution in [-0.4, -0.2) is 54.1 Å². The van der Waals surface area contributed by atoms with Crippen LogP contribution in [0.3, 0.4) is 0 Å². The van der Waals surface area contributed by atoms with Crippen LogP contribution in [0.25, 0.3) is 0 Å². The Kier molecular flexibility index (Phi) is 2.02. The lowest BCUT2D eigenvalue weighted by molar-refractivity contribution is -0.0550. The zero-order valence-electron chi connectivity index (χ0n) is 12.5. The summed E-state index contributed by atoms with van der Waals surface area (Å²) in [7, 11) is 0. The summed E-state index contributed by atoms with van der Waals surface area (Å²) in [5.74, 6) is 0. The molecule has 1 aliphatic heterocycles. The highest BCUT2D eigenvalue weighted by molar-refractivity contribution is 4.92. The summed E-state index contributed by atoms with van der Waals surface area (Å²) in [5.41, 5.74) is -1.82. The molecule has 0 saturated carbocycles. The van der Waals surface area contributed by atoms with E-state index in [0.29, 0.717) is 0 Å². The number of aromatic nitrogens is 2. The fourth-order valence-corrected chi connectivity index (χ4v) is 1.66. The first kappa shape index (κ1) is 7.77. The molecule has 2 heterocycles. The molecule has 94 valence electrons. The van der Waals surface area contributed by atoms with E-state index in [1.165, 1.54) is 0 Å². The molecule has 1 fully saturated rings. The molecule has 4 atom stereocenters. The van der Waals surface area contributed by atoms with Gasteiger partial charge >= 0.3 is 5.69 Å². The Morgan fingerprint density at radius 2 is 2.35 bits per heavy atom. The van der Waals surface area contributed by atoms with Gasteiger partial charge in [-0.2, -0.15) is 0 Å². The van der Waals surface area contributed by atoms with Gasteiger partial charge in [0, 0.05) is 12.3 Å². The summed E-state index contributed by atoms with van der Waals surface area (Å²) in [6.07, 6.45) is -3.26. The van der Waals surface area contributed by atoms with Gasteiger partial charge in [-0.3, -0.25) is 14.3 Å². The number of ether oxygens (including phenoxy) is 1. The van der Waals surface area contributed by atoms with Gasteiger partial charge in [0.05, 0.1) is 6.61 Å². The van der Waals surface area contributed by atoms with Crippen LogP contribution in [0.2, 0.25) is 1.41 Å². The van der Waals surface area contributed by atoms with Gasteiger partial charge in [-0.25, -0.2) is 4.79 Å². The van der Waals surface area contributed by atoms with E-state index < -0.39 is 35.8 Å². The van der Waals surface area contributed by atoms with Crippen molar-refractivity contribution in [3.05, 3.63) is 33.1 Å². The Morgan fingerprint density at radius 1 is 1.53 bits per heavy atom. The zero-order valence-corrected chi connectivity index (χ0v) is 8.52. The molecule has 4 N–H and O–H groups in total. The van der Waals surface area contributed by atoms with Gasteiger partial charge < -0.3 is 20.1 Å². The lowest BCUT2D eigenvalue weighted by Gasteiger charge is -2.16. The summed E-state index contributed by atoms with van der Waals surface area (Å²) < 4.78 is 34.3. The third kappa shape index (κ3) is 2.03. The minimum atomic E-state index is -1.19. The van der Waals surface area contributed by atoms with Gasteiger partial charge in [0.25, 0.3) is 5.56 Å². The van der Waals surface area contributed by atoms with Crippen LogP contribution in [-0.2, 0) is 4.74 Å². The Bertz CT molecular complexity index is 607. The van der Waals surface area contributed by atoms with Crippen LogP contribution >= 0.6 is 0 Å². The fraction of sp³-hybridized carbons (Fsp3) is 0.556. The Morgan fingerprint density at radius 3 is 3.06 bits per heavy atom. The molecule has 8 heteroatoms. The monoisotopic (exact) mass is 248 g/mol. The van der Waals surface area contributed by atoms with Crippen molar-refractivity contribution < 1.29 is 21.5 Å². The normalized spacial score (nSPS) is 36.0. The second-order valence-electron chi connectivity index (χ2n) is 3.62. The lowest BCUT2D eigenvalue weighted by atomic mass is 10.1. The van der Waals surface area contributed by atoms with Crippen molar-refractivity contribution in [3.63, 3.8) is 0 Å². The first-order valence-electron chi connectivity index (χ1n) is 6.53. The molecular weight excluding hydrogens is 232 g/mol. The van der Waals surface area contributed by atoms with E-state index in [4.69, 9.17) is 10.4 Å². The highest BCUT2D eigenvalue weighted by Crippen LogP contribution is 2.27. The van der Waals surface area contributed by atoms with Crippen LogP contribution in [0, 0.1) is 0 Å². The van der Waals surface area contributed by atoms with Gasteiger partial charge in [-0.15, -0.1) is 0 Å². The number of H-pyrrole nitrogens is 1. The van der Waals surface area contributed by atoms with Gasteiger partial charge in [-0.1, -0.05) is 0 Å². The van der Waals surface area contributed by atoms with E-state index in [-0.39, 0.29) is 11.6 Å². The van der Waals surface area contributed by atoms with Crippen LogP contribution < -0.4 is 11.2 Å². The van der Waals surface area contributed by atoms with E-state index in [1.807, 2.05) is 0 Å². The van der Waals surface area contributed by atoms with E-state index >= 15 is 0 Å². The number of hydrogen-bond acceptors (Lipinski definition) is 6. The number of hydrogen-bond donors (Lipinski definition) is 4.